The minimum absolute atomic E-state index is 0.0653. The second-order valence-electron chi connectivity index (χ2n) is 10.2. The Bertz CT molecular complexity index is 780. The number of β-amino-alcohol motifs (C(OH)–C–C–N with tert-alkyl or cyclic N) is 1. The van der Waals surface area contributed by atoms with Gasteiger partial charge in [-0.05, 0) is 42.5 Å². The molecular formula is C24H36ClN3O3. The number of hydrogen-bond donors (Lipinski definition) is 2. The van der Waals surface area contributed by atoms with E-state index in [4.69, 9.17) is 11.6 Å². The van der Waals surface area contributed by atoms with Gasteiger partial charge in [-0.15, -0.1) is 0 Å². The molecule has 2 fully saturated rings. The first-order valence-electron chi connectivity index (χ1n) is 11.4. The van der Waals surface area contributed by atoms with Crippen LogP contribution in [0.15, 0.2) is 24.3 Å². The first-order chi connectivity index (χ1) is 14.6. The number of benzene rings is 1. The first-order valence-corrected chi connectivity index (χ1v) is 11.7. The third-order valence-corrected chi connectivity index (χ3v) is 6.35. The first kappa shape index (κ1) is 24.0. The van der Waals surface area contributed by atoms with E-state index in [0.717, 1.165) is 37.4 Å². The molecule has 0 bridgehead atoms. The normalized spacial score (nSPS) is 24.9. The van der Waals surface area contributed by atoms with Crippen LogP contribution in [-0.4, -0.2) is 64.5 Å². The highest BCUT2D eigenvalue weighted by atomic mass is 35.5. The summed E-state index contributed by atoms with van der Waals surface area (Å²) in [5.41, 5.74) is 1.01. The van der Waals surface area contributed by atoms with E-state index >= 15 is 0 Å². The molecule has 0 radical (unpaired) electrons. The highest BCUT2D eigenvalue weighted by Gasteiger charge is 2.39. The fraction of sp³-hybridized carbons (Fsp3) is 0.667. The molecule has 3 atom stereocenters. The number of carbonyl (C=O) groups is 2. The van der Waals surface area contributed by atoms with Crippen molar-refractivity contribution in [2.24, 2.45) is 5.41 Å². The third kappa shape index (κ3) is 6.93. The van der Waals surface area contributed by atoms with Crippen LogP contribution in [-0.2, 0) is 16.1 Å². The number of rotatable bonds is 6. The molecule has 7 heteroatoms. The summed E-state index contributed by atoms with van der Waals surface area (Å²) in [6.45, 7) is 8.59. The SMILES string of the molecule is CC(C)(C)CC(=O)N1CC(O)CC1C(=O)NCC1CCCCN1Cc1cccc(Cl)c1. The molecule has 1 aromatic carbocycles. The Hall–Kier alpha value is -1.63. The molecule has 2 aliphatic rings. The molecule has 2 saturated heterocycles. The van der Waals surface area contributed by atoms with Crippen LogP contribution < -0.4 is 5.32 Å². The molecule has 2 N–H and O–H groups in total. The summed E-state index contributed by atoms with van der Waals surface area (Å²) < 4.78 is 0. The number of hydrogen-bond acceptors (Lipinski definition) is 4. The molecule has 31 heavy (non-hydrogen) atoms. The van der Waals surface area contributed by atoms with E-state index in [9.17, 15) is 14.7 Å². The van der Waals surface area contributed by atoms with E-state index in [1.807, 2.05) is 39.0 Å². The van der Waals surface area contributed by atoms with Gasteiger partial charge in [0, 0.05) is 43.5 Å². The Kier molecular flexibility index (Phi) is 8.00. The van der Waals surface area contributed by atoms with Crippen LogP contribution in [0.25, 0.3) is 0 Å². The summed E-state index contributed by atoms with van der Waals surface area (Å²) in [7, 11) is 0. The lowest BCUT2D eigenvalue weighted by Crippen LogP contribution is -2.51. The molecule has 172 valence electrons. The molecule has 6 nitrogen and oxygen atoms in total. The second-order valence-corrected chi connectivity index (χ2v) is 10.6. The van der Waals surface area contributed by atoms with Crippen molar-refractivity contribution >= 4 is 23.4 Å². The summed E-state index contributed by atoms with van der Waals surface area (Å²) in [6.07, 6.45) is 3.34. The van der Waals surface area contributed by atoms with Gasteiger partial charge in [-0.3, -0.25) is 14.5 Å². The summed E-state index contributed by atoms with van der Waals surface area (Å²) in [5, 5.41) is 13.9. The van der Waals surface area contributed by atoms with Gasteiger partial charge in [0.1, 0.15) is 6.04 Å². The molecule has 3 unspecified atom stereocenters. The molecule has 0 aromatic heterocycles. The van der Waals surface area contributed by atoms with Gasteiger partial charge < -0.3 is 15.3 Å². The Morgan fingerprint density at radius 2 is 2.03 bits per heavy atom. The molecule has 0 spiro atoms. The predicted octanol–water partition coefficient (Wildman–Crippen LogP) is 3.21. The quantitative estimate of drug-likeness (QED) is 0.699. The molecular weight excluding hydrogens is 414 g/mol. The zero-order valence-electron chi connectivity index (χ0n) is 18.9. The number of aliphatic hydroxyl groups excluding tert-OH is 1. The van der Waals surface area contributed by atoms with Crippen molar-refractivity contribution < 1.29 is 14.7 Å². The van der Waals surface area contributed by atoms with Crippen LogP contribution in [0.1, 0.15) is 58.4 Å². The minimum Gasteiger partial charge on any atom is -0.391 e. The van der Waals surface area contributed by atoms with Crippen molar-refractivity contribution in [1.29, 1.82) is 0 Å². The number of likely N-dealkylation sites (tertiary alicyclic amines) is 2. The number of amides is 2. The topological polar surface area (TPSA) is 72.9 Å². The van der Waals surface area contributed by atoms with Gasteiger partial charge in [0.2, 0.25) is 11.8 Å². The summed E-state index contributed by atoms with van der Waals surface area (Å²) in [6, 6.07) is 7.57. The van der Waals surface area contributed by atoms with Crippen molar-refractivity contribution in [2.45, 2.75) is 77.6 Å². The van der Waals surface area contributed by atoms with Gasteiger partial charge in [-0.1, -0.05) is 50.9 Å². The zero-order chi connectivity index (χ0) is 22.6. The van der Waals surface area contributed by atoms with Crippen molar-refractivity contribution in [3.05, 3.63) is 34.9 Å². The number of carbonyl (C=O) groups excluding carboxylic acids is 2. The van der Waals surface area contributed by atoms with Crippen molar-refractivity contribution in [3.63, 3.8) is 0 Å². The fourth-order valence-electron chi connectivity index (χ4n) is 4.60. The van der Waals surface area contributed by atoms with Crippen LogP contribution in [0, 0.1) is 5.41 Å². The van der Waals surface area contributed by atoms with Crippen LogP contribution >= 0.6 is 11.6 Å². The van der Waals surface area contributed by atoms with E-state index in [1.165, 1.54) is 5.56 Å². The molecule has 0 aliphatic carbocycles. The van der Waals surface area contributed by atoms with E-state index in [0.29, 0.717) is 19.4 Å². The van der Waals surface area contributed by atoms with E-state index < -0.39 is 12.1 Å². The maximum absolute atomic E-state index is 13.0. The largest absolute Gasteiger partial charge is 0.391 e. The van der Waals surface area contributed by atoms with E-state index in [1.54, 1.807) is 4.90 Å². The van der Waals surface area contributed by atoms with Gasteiger partial charge in [-0.25, -0.2) is 0 Å². The van der Waals surface area contributed by atoms with Crippen LogP contribution in [0.5, 0.6) is 0 Å². The molecule has 2 heterocycles. The van der Waals surface area contributed by atoms with E-state index in [-0.39, 0.29) is 29.8 Å². The number of aliphatic hydroxyl groups is 1. The third-order valence-electron chi connectivity index (χ3n) is 6.12. The monoisotopic (exact) mass is 449 g/mol. The van der Waals surface area contributed by atoms with Gasteiger partial charge in [-0.2, -0.15) is 0 Å². The van der Waals surface area contributed by atoms with Crippen LogP contribution in [0.4, 0.5) is 0 Å². The molecule has 2 aliphatic heterocycles. The lowest BCUT2D eigenvalue weighted by Gasteiger charge is -2.36. The lowest BCUT2D eigenvalue weighted by molar-refractivity contribution is -0.140. The zero-order valence-corrected chi connectivity index (χ0v) is 19.7. The van der Waals surface area contributed by atoms with Gasteiger partial charge >= 0.3 is 0 Å². The van der Waals surface area contributed by atoms with Crippen molar-refractivity contribution in [1.82, 2.24) is 15.1 Å². The molecule has 0 saturated carbocycles. The van der Waals surface area contributed by atoms with Gasteiger partial charge in [0.15, 0.2) is 0 Å². The molecule has 3 rings (SSSR count). The summed E-state index contributed by atoms with van der Waals surface area (Å²) in [5.74, 6) is -0.225. The standard InChI is InChI=1S/C24H36ClN3O3/c1-24(2,3)13-22(30)28-16-20(29)12-21(28)23(31)26-14-19-9-4-5-10-27(19)15-17-7-6-8-18(25)11-17/h6-8,11,19-21,29H,4-5,9-10,12-16H2,1-3H3,(H,26,31). The minimum atomic E-state index is -0.645. The van der Waals surface area contributed by atoms with Crippen molar-refractivity contribution in [2.75, 3.05) is 19.6 Å². The molecule has 1 aromatic rings. The highest BCUT2D eigenvalue weighted by Crippen LogP contribution is 2.26. The van der Waals surface area contributed by atoms with Gasteiger partial charge in [0.25, 0.3) is 0 Å². The van der Waals surface area contributed by atoms with Gasteiger partial charge in [0.05, 0.1) is 6.10 Å². The fourth-order valence-corrected chi connectivity index (χ4v) is 4.81. The maximum Gasteiger partial charge on any atom is 0.242 e. The number of nitrogens with one attached hydrogen (secondary N) is 1. The lowest BCUT2D eigenvalue weighted by atomic mass is 9.91. The maximum atomic E-state index is 13.0. The Morgan fingerprint density at radius 3 is 2.74 bits per heavy atom. The Labute approximate surface area is 190 Å². The molecule has 2 amide bonds. The predicted molar refractivity (Wildman–Crippen MR) is 123 cm³/mol. The Morgan fingerprint density at radius 1 is 1.26 bits per heavy atom. The summed E-state index contributed by atoms with van der Waals surface area (Å²) >= 11 is 6.14. The van der Waals surface area contributed by atoms with Crippen molar-refractivity contribution in [3.8, 4) is 0 Å². The number of nitrogens with zero attached hydrogens (tertiary/aromatic N) is 2. The Balaban J connectivity index is 1.59. The van der Waals surface area contributed by atoms with Crippen LogP contribution in [0.3, 0.4) is 0 Å². The average Bonchev–Trinajstić information content (AvgIpc) is 3.08. The highest BCUT2D eigenvalue weighted by molar-refractivity contribution is 6.30. The average molecular weight is 450 g/mol. The smallest absolute Gasteiger partial charge is 0.242 e. The summed E-state index contributed by atoms with van der Waals surface area (Å²) in [4.78, 5) is 29.7. The number of halogens is 1. The number of piperidine rings is 1. The second kappa shape index (κ2) is 10.3. The van der Waals surface area contributed by atoms with E-state index in [2.05, 4.69) is 16.3 Å². The van der Waals surface area contributed by atoms with Crippen LogP contribution in [0.2, 0.25) is 5.02 Å².